The summed E-state index contributed by atoms with van der Waals surface area (Å²) in [5.41, 5.74) is 20.0. The molecule has 0 unspecified atom stereocenters. The Balaban J connectivity index is 0.000000160. The minimum absolute atomic E-state index is 0.224. The fraction of sp³-hybridized carbons (Fsp3) is 0.167. The molecular formula is C60H56Cl2O2SiZr-2. The molecule has 0 bridgehead atoms. The molecule has 0 aliphatic carbocycles. The number of aryl methyl sites for hydroxylation is 6. The van der Waals surface area contributed by atoms with E-state index >= 15 is 0 Å². The molecule has 0 fully saturated rings. The van der Waals surface area contributed by atoms with Crippen LogP contribution >= 0.6 is 17.0 Å². The predicted molar refractivity (Wildman–Crippen MR) is 283 cm³/mol. The molecule has 0 amide bonds. The van der Waals surface area contributed by atoms with E-state index in [-0.39, 0.29) is 5.43 Å². The van der Waals surface area contributed by atoms with E-state index in [1.807, 2.05) is 36.4 Å². The van der Waals surface area contributed by atoms with E-state index in [1.54, 1.807) is 0 Å². The molecule has 0 N–H and O–H groups in total. The predicted octanol–water partition coefficient (Wildman–Crippen LogP) is 18.9. The fourth-order valence-corrected chi connectivity index (χ4v) is 8.97. The van der Waals surface area contributed by atoms with Gasteiger partial charge >= 0.3 is 53.5 Å². The van der Waals surface area contributed by atoms with Crippen molar-refractivity contribution in [2.75, 3.05) is 0 Å². The second-order valence-corrected chi connectivity index (χ2v) is 40.9. The summed E-state index contributed by atoms with van der Waals surface area (Å²) in [6.45, 7) is 21.9. The van der Waals surface area contributed by atoms with Crippen molar-refractivity contribution in [1.82, 2.24) is 0 Å². The van der Waals surface area contributed by atoms with E-state index < -0.39 is 18.0 Å². The van der Waals surface area contributed by atoms with Gasteiger partial charge in [-0.15, -0.1) is 57.9 Å². The number of benzene rings is 6. The minimum Gasteiger partial charge on any atom is -0.491 e. The summed E-state index contributed by atoms with van der Waals surface area (Å²) in [5.74, 6) is 3.62. The maximum Gasteiger partial charge on any atom is 0.123 e. The fourth-order valence-electron chi connectivity index (χ4n) is 8.97. The van der Waals surface area contributed by atoms with Crippen LogP contribution in [-0.4, -0.2) is 5.43 Å². The molecule has 0 saturated heterocycles. The Morgan fingerprint density at radius 1 is 0.409 bits per heavy atom. The van der Waals surface area contributed by atoms with Gasteiger partial charge in [-0.2, -0.15) is 0 Å². The molecule has 0 spiro atoms. The molecule has 66 heavy (non-hydrogen) atoms. The van der Waals surface area contributed by atoms with Crippen molar-refractivity contribution in [2.45, 2.75) is 68.5 Å². The van der Waals surface area contributed by atoms with Crippen LogP contribution in [0.1, 0.15) is 44.5 Å². The smallest absolute Gasteiger partial charge is 0.123 e. The summed E-state index contributed by atoms with van der Waals surface area (Å²) in [6, 6.07) is 56.1. The largest absolute Gasteiger partial charge is 0.491 e. The Morgan fingerprint density at radius 3 is 1.08 bits per heavy atom. The maximum absolute atomic E-state index is 6.23. The van der Waals surface area contributed by atoms with Gasteiger partial charge in [0.1, 0.15) is 11.5 Å². The van der Waals surface area contributed by atoms with E-state index in [0.717, 1.165) is 45.3 Å². The summed E-state index contributed by atoms with van der Waals surface area (Å²) >= 11 is -1.65. The van der Waals surface area contributed by atoms with Crippen LogP contribution in [0.2, 0.25) is 13.1 Å². The Labute approximate surface area is 405 Å². The Hall–Kier alpha value is -5.22. The van der Waals surface area contributed by atoms with Crippen molar-refractivity contribution in [3.05, 3.63) is 202 Å². The third-order valence-corrected chi connectivity index (χ3v) is 32.1. The van der Waals surface area contributed by atoms with Crippen LogP contribution < -0.4 is 0 Å². The van der Waals surface area contributed by atoms with E-state index in [2.05, 4.69) is 190 Å². The molecule has 6 heteroatoms. The van der Waals surface area contributed by atoms with E-state index in [1.165, 1.54) is 88.3 Å². The Kier molecular flexibility index (Phi) is 14.6. The topological polar surface area (TPSA) is 26.3 Å². The van der Waals surface area contributed by atoms with Gasteiger partial charge in [0.05, 0.1) is 11.5 Å². The molecule has 10 rings (SSSR count). The van der Waals surface area contributed by atoms with Gasteiger partial charge in [0.25, 0.3) is 0 Å². The number of hydrogen-bond donors (Lipinski definition) is 0. The number of fused-ring (bicyclic) bond motifs is 2. The van der Waals surface area contributed by atoms with Crippen LogP contribution in [0.5, 0.6) is 0 Å². The molecule has 0 saturated carbocycles. The van der Waals surface area contributed by atoms with Crippen LogP contribution in [0, 0.1) is 55.4 Å². The first-order chi connectivity index (χ1) is 31.6. The van der Waals surface area contributed by atoms with Gasteiger partial charge < -0.3 is 8.83 Å². The Morgan fingerprint density at radius 2 is 0.742 bits per heavy atom. The molecule has 10 aromatic rings. The molecule has 2 aromatic heterocycles. The number of rotatable bonds is 6. The SMILES string of the molecule is C[Si](C)=[Zr]([Cl])[Cl].Cc1cc(C)cc(-c2c(C)c(C)cc3[cH-]c(-c4ccc(-c5ccccc5)o4)cc23)c1.Cc1cc(C)cc(-c2c(C)c(C)cc3[cH-]c(-c4ccc(-c5ccccc5)o4)cc23)c1. The van der Waals surface area contributed by atoms with Crippen LogP contribution in [0.4, 0.5) is 0 Å². The second-order valence-electron chi connectivity index (χ2n) is 18.0. The monoisotopic (exact) mass is 996 g/mol. The average Bonchev–Trinajstić information content (AvgIpc) is 4.12. The molecule has 0 radical (unpaired) electrons. The van der Waals surface area contributed by atoms with Crippen molar-refractivity contribution in [3.63, 3.8) is 0 Å². The maximum atomic E-state index is 6.23. The molecular weight excluding hydrogens is 943 g/mol. The molecule has 8 aromatic carbocycles. The van der Waals surface area contributed by atoms with Gasteiger partial charge in [0.15, 0.2) is 0 Å². The summed E-state index contributed by atoms with van der Waals surface area (Å²) in [4.78, 5) is 0. The van der Waals surface area contributed by atoms with Gasteiger partial charge in [-0.25, -0.2) is 0 Å². The zero-order valence-electron chi connectivity index (χ0n) is 39.6. The third-order valence-electron chi connectivity index (χ3n) is 12.4. The van der Waals surface area contributed by atoms with E-state index in [0.29, 0.717) is 0 Å². The summed E-state index contributed by atoms with van der Waals surface area (Å²) < 4.78 is 12.5. The van der Waals surface area contributed by atoms with Crippen LogP contribution in [-0.2, 0) is 18.0 Å². The van der Waals surface area contributed by atoms with Gasteiger partial charge in [0, 0.05) is 11.1 Å². The number of furan rings is 2. The van der Waals surface area contributed by atoms with Gasteiger partial charge in [-0.3, -0.25) is 0 Å². The normalized spacial score (nSPS) is 11.0. The van der Waals surface area contributed by atoms with Crippen molar-refractivity contribution < 1.29 is 26.8 Å². The van der Waals surface area contributed by atoms with E-state index in [9.17, 15) is 0 Å². The average molecular weight is 999 g/mol. The summed E-state index contributed by atoms with van der Waals surface area (Å²) in [5, 5.41) is 5.10. The van der Waals surface area contributed by atoms with Crippen molar-refractivity contribution in [1.29, 1.82) is 0 Å². The molecule has 0 atom stereocenters. The number of halogens is 2. The Bertz CT molecular complexity index is 3110. The van der Waals surface area contributed by atoms with E-state index in [4.69, 9.17) is 25.9 Å². The van der Waals surface area contributed by atoms with Crippen molar-refractivity contribution >= 4 is 44.0 Å². The van der Waals surface area contributed by atoms with Crippen LogP contribution in [0.15, 0.2) is 167 Å². The standard InChI is InChI=1S/2C29H25O.C2H6Si.2ClH.Zr/c2*1-18-12-19(2)14-25(13-18)29-21(4)20(3)15-23-16-24(17-26(23)29)28-11-10-27(30-28)22-8-6-5-7-9-22;1-3-2;;;/h2*5-17H,1-4H3;1-2H3;2*1H;/q2*-1;;;;+2/p-2. The second kappa shape index (κ2) is 20.3. The zero-order valence-corrected chi connectivity index (χ0v) is 44.6. The first-order valence-electron chi connectivity index (χ1n) is 22.5. The van der Waals surface area contributed by atoms with Gasteiger partial charge in [0.2, 0.25) is 0 Å². The van der Waals surface area contributed by atoms with Gasteiger partial charge in [-0.05, 0) is 102 Å². The minimum atomic E-state index is -1.65. The van der Waals surface area contributed by atoms with Gasteiger partial charge in [-0.1, -0.05) is 153 Å². The molecule has 2 nitrogen and oxygen atoms in total. The first-order valence-corrected chi connectivity index (χ1v) is 35.0. The quantitative estimate of drug-likeness (QED) is 0.123. The first kappa shape index (κ1) is 47.3. The molecule has 2 heterocycles. The third kappa shape index (κ3) is 10.5. The summed E-state index contributed by atoms with van der Waals surface area (Å²) in [7, 11) is 11.2. The van der Waals surface area contributed by atoms with Crippen molar-refractivity contribution in [2.24, 2.45) is 0 Å². The van der Waals surface area contributed by atoms with Crippen LogP contribution in [0.3, 0.4) is 0 Å². The zero-order chi connectivity index (χ0) is 46.8. The summed E-state index contributed by atoms with van der Waals surface area (Å²) in [6.07, 6.45) is 0. The molecule has 0 aliphatic rings. The molecule has 0 aliphatic heterocycles. The number of hydrogen-bond acceptors (Lipinski definition) is 2. The van der Waals surface area contributed by atoms with Crippen molar-refractivity contribution in [3.8, 4) is 67.5 Å². The van der Waals surface area contributed by atoms with Crippen LogP contribution in [0.25, 0.3) is 89.1 Å². The molecule has 332 valence electrons.